The highest BCUT2D eigenvalue weighted by atomic mass is 35.5. The number of likely N-dealkylation sites (N-methyl/N-ethyl adjacent to an activating group) is 1. The van der Waals surface area contributed by atoms with Crippen LogP contribution in [-0.4, -0.2) is 45.3 Å². The molecule has 0 aliphatic carbocycles. The number of fused-ring (bicyclic) bond motifs is 1. The molecule has 0 saturated carbocycles. The predicted octanol–water partition coefficient (Wildman–Crippen LogP) is 0.851. The fourth-order valence-corrected chi connectivity index (χ4v) is 3.73. The van der Waals surface area contributed by atoms with Gasteiger partial charge in [-0.3, -0.25) is 0 Å². The first-order chi connectivity index (χ1) is 8.59. The molecule has 0 spiro atoms. The van der Waals surface area contributed by atoms with Crippen molar-refractivity contribution in [3.05, 3.63) is 29.8 Å². The lowest BCUT2D eigenvalue weighted by Gasteiger charge is -2.25. The van der Waals surface area contributed by atoms with E-state index in [4.69, 9.17) is 0 Å². The summed E-state index contributed by atoms with van der Waals surface area (Å²) < 4.78 is 27.8. The molecule has 1 fully saturated rings. The minimum atomic E-state index is -3.50. The third kappa shape index (κ3) is 2.35. The van der Waals surface area contributed by atoms with Gasteiger partial charge in [0.2, 0.25) is 0 Å². The summed E-state index contributed by atoms with van der Waals surface area (Å²) in [5.74, 6) is 0.569. The summed E-state index contributed by atoms with van der Waals surface area (Å²) in [5, 5.41) is 3.28. The number of hydrogen-bond donors (Lipinski definition) is 1. The number of benzene rings is 1. The van der Waals surface area contributed by atoms with Gasteiger partial charge in [-0.2, -0.15) is 8.42 Å². The average Bonchev–Trinajstić information content (AvgIpc) is 2.96. The van der Waals surface area contributed by atoms with Crippen molar-refractivity contribution in [2.45, 2.75) is 17.4 Å². The highest BCUT2D eigenvalue weighted by Crippen LogP contribution is 2.28. The molecule has 5 nitrogen and oxygen atoms in total. The van der Waals surface area contributed by atoms with E-state index in [2.05, 4.69) is 9.71 Å². The Labute approximate surface area is 119 Å². The number of nitrogens with one attached hydrogen (secondary N) is 1. The van der Waals surface area contributed by atoms with Crippen molar-refractivity contribution in [3.63, 3.8) is 0 Å². The van der Waals surface area contributed by atoms with Crippen LogP contribution in [0.1, 0.15) is 12.0 Å². The standard InChI is InChI=1S/C12H15N3O2S.ClH/c1-15(9-6-7-13-8-9)12-10-4-2-3-5-11(10)18(16,17)14-12;/h2-5,9,13H,6-8H2,1H3;1H/t9-;/m1./s1. The molecule has 1 saturated heterocycles. The van der Waals surface area contributed by atoms with Crippen LogP contribution in [0.3, 0.4) is 0 Å². The molecule has 0 amide bonds. The molecule has 7 heteroatoms. The lowest BCUT2D eigenvalue weighted by atomic mass is 10.1. The number of hydrogen-bond acceptors (Lipinski definition) is 4. The Hall–Kier alpha value is -1.11. The number of sulfonamides is 1. The fraction of sp³-hybridized carbons (Fsp3) is 0.417. The summed E-state index contributed by atoms with van der Waals surface area (Å²) in [7, 11) is -1.59. The average molecular weight is 302 g/mol. The molecular weight excluding hydrogens is 286 g/mol. The van der Waals surface area contributed by atoms with Crippen LogP contribution in [0.2, 0.25) is 0 Å². The third-order valence-electron chi connectivity index (χ3n) is 3.53. The molecule has 0 aromatic heterocycles. The Balaban J connectivity index is 0.00000133. The van der Waals surface area contributed by atoms with E-state index in [0.717, 1.165) is 19.5 Å². The van der Waals surface area contributed by atoms with Gasteiger partial charge in [0, 0.05) is 25.2 Å². The van der Waals surface area contributed by atoms with Crippen LogP contribution in [0.4, 0.5) is 0 Å². The van der Waals surface area contributed by atoms with Gasteiger partial charge in [0.25, 0.3) is 10.0 Å². The van der Waals surface area contributed by atoms with Crippen LogP contribution >= 0.6 is 12.4 Å². The fourth-order valence-electron chi connectivity index (χ4n) is 2.49. The second-order valence-corrected chi connectivity index (χ2v) is 6.22. The predicted molar refractivity (Wildman–Crippen MR) is 76.5 cm³/mol. The van der Waals surface area contributed by atoms with Crippen LogP contribution in [0.15, 0.2) is 33.6 Å². The van der Waals surface area contributed by atoms with Crippen LogP contribution < -0.4 is 5.32 Å². The Morgan fingerprint density at radius 3 is 2.79 bits per heavy atom. The second kappa shape index (κ2) is 5.11. The van der Waals surface area contributed by atoms with E-state index in [-0.39, 0.29) is 12.4 Å². The van der Waals surface area contributed by atoms with E-state index in [9.17, 15) is 8.42 Å². The Morgan fingerprint density at radius 2 is 2.11 bits per heavy atom. The molecular formula is C12H16ClN3O2S. The topological polar surface area (TPSA) is 61.8 Å². The van der Waals surface area contributed by atoms with Crippen molar-refractivity contribution in [2.24, 2.45) is 4.40 Å². The molecule has 1 aromatic carbocycles. The maximum atomic E-state index is 12.0. The van der Waals surface area contributed by atoms with Crippen molar-refractivity contribution < 1.29 is 8.42 Å². The van der Waals surface area contributed by atoms with Crippen molar-refractivity contribution >= 4 is 28.3 Å². The molecule has 0 unspecified atom stereocenters. The summed E-state index contributed by atoms with van der Waals surface area (Å²) in [6, 6.07) is 7.31. The van der Waals surface area contributed by atoms with Crippen LogP contribution in [-0.2, 0) is 10.0 Å². The van der Waals surface area contributed by atoms with E-state index in [0.29, 0.717) is 22.3 Å². The van der Waals surface area contributed by atoms with Gasteiger partial charge in [0.15, 0.2) is 5.84 Å². The molecule has 1 N–H and O–H groups in total. The molecule has 2 aliphatic heterocycles. The van der Waals surface area contributed by atoms with Gasteiger partial charge < -0.3 is 10.2 Å². The van der Waals surface area contributed by atoms with Gasteiger partial charge >= 0.3 is 0 Å². The molecule has 2 aliphatic rings. The highest BCUT2D eigenvalue weighted by Gasteiger charge is 2.33. The molecule has 1 aromatic rings. The largest absolute Gasteiger partial charge is 0.354 e. The van der Waals surface area contributed by atoms with Crippen molar-refractivity contribution in [1.29, 1.82) is 0 Å². The number of rotatable bonds is 1. The van der Waals surface area contributed by atoms with Gasteiger partial charge in [-0.1, -0.05) is 12.1 Å². The zero-order valence-electron chi connectivity index (χ0n) is 10.5. The van der Waals surface area contributed by atoms with Crippen molar-refractivity contribution in [2.75, 3.05) is 20.1 Å². The zero-order chi connectivity index (χ0) is 12.8. The maximum Gasteiger partial charge on any atom is 0.285 e. The van der Waals surface area contributed by atoms with E-state index < -0.39 is 10.0 Å². The van der Waals surface area contributed by atoms with Gasteiger partial charge in [0.05, 0.1) is 0 Å². The summed E-state index contributed by atoms with van der Waals surface area (Å²) >= 11 is 0. The summed E-state index contributed by atoms with van der Waals surface area (Å²) in [6.45, 7) is 1.84. The molecule has 19 heavy (non-hydrogen) atoms. The highest BCUT2D eigenvalue weighted by molar-refractivity contribution is 7.90. The van der Waals surface area contributed by atoms with E-state index in [1.54, 1.807) is 12.1 Å². The summed E-state index contributed by atoms with van der Waals surface area (Å²) in [5.41, 5.74) is 0.715. The van der Waals surface area contributed by atoms with Crippen molar-refractivity contribution in [3.8, 4) is 0 Å². The second-order valence-electron chi connectivity index (χ2n) is 4.64. The summed E-state index contributed by atoms with van der Waals surface area (Å²) in [4.78, 5) is 2.29. The minimum Gasteiger partial charge on any atom is -0.354 e. The monoisotopic (exact) mass is 301 g/mol. The van der Waals surface area contributed by atoms with Gasteiger partial charge in [0.1, 0.15) is 4.90 Å². The van der Waals surface area contributed by atoms with Gasteiger partial charge in [-0.25, -0.2) is 0 Å². The number of nitrogens with zero attached hydrogens (tertiary/aromatic N) is 2. The van der Waals surface area contributed by atoms with Crippen LogP contribution in [0.25, 0.3) is 0 Å². The van der Waals surface area contributed by atoms with Gasteiger partial charge in [-0.15, -0.1) is 16.8 Å². The first-order valence-corrected chi connectivity index (χ1v) is 7.41. The maximum absolute atomic E-state index is 12.0. The van der Waals surface area contributed by atoms with Crippen LogP contribution in [0, 0.1) is 0 Å². The zero-order valence-corrected chi connectivity index (χ0v) is 12.2. The molecule has 0 radical (unpaired) electrons. The van der Waals surface area contributed by atoms with Gasteiger partial charge in [-0.05, 0) is 25.1 Å². The smallest absolute Gasteiger partial charge is 0.285 e. The first kappa shape index (κ1) is 14.3. The SMILES string of the molecule is CN(C1=NS(=O)(=O)c2ccccc21)[C@@H]1CCNC1.Cl. The molecule has 1 atom stereocenters. The Bertz CT molecular complexity index is 609. The van der Waals surface area contributed by atoms with E-state index >= 15 is 0 Å². The number of amidine groups is 1. The Kier molecular flexibility index (Phi) is 3.85. The third-order valence-corrected chi connectivity index (χ3v) is 4.85. The molecule has 104 valence electrons. The first-order valence-electron chi connectivity index (χ1n) is 5.97. The quantitative estimate of drug-likeness (QED) is 0.835. The lowest BCUT2D eigenvalue weighted by Crippen LogP contribution is -2.38. The normalized spacial score (nSPS) is 23.4. The Morgan fingerprint density at radius 1 is 1.37 bits per heavy atom. The van der Waals surface area contributed by atoms with Crippen molar-refractivity contribution in [1.82, 2.24) is 10.2 Å². The lowest BCUT2D eigenvalue weighted by molar-refractivity contribution is 0.390. The van der Waals surface area contributed by atoms with E-state index in [1.807, 2.05) is 24.1 Å². The molecule has 0 bridgehead atoms. The molecule has 3 rings (SSSR count). The minimum absolute atomic E-state index is 0. The summed E-state index contributed by atoms with van der Waals surface area (Å²) in [6.07, 6.45) is 1.01. The van der Waals surface area contributed by atoms with E-state index in [1.165, 1.54) is 0 Å². The van der Waals surface area contributed by atoms with Crippen LogP contribution in [0.5, 0.6) is 0 Å². The number of halogens is 1. The molecule has 2 heterocycles.